The molecule has 0 spiro atoms. The Bertz CT molecular complexity index is 1090. The minimum absolute atomic E-state index is 0.106. The van der Waals surface area contributed by atoms with E-state index in [0.717, 1.165) is 42.7 Å². The van der Waals surface area contributed by atoms with E-state index in [9.17, 15) is 4.79 Å². The number of amides is 1. The number of hydrazine groups is 1. The van der Waals surface area contributed by atoms with Gasteiger partial charge in [0.25, 0.3) is 5.91 Å². The van der Waals surface area contributed by atoms with Gasteiger partial charge in [0, 0.05) is 30.1 Å². The van der Waals surface area contributed by atoms with Crippen LogP contribution in [-0.2, 0) is 4.79 Å². The molecule has 2 N–H and O–H groups in total. The Morgan fingerprint density at radius 2 is 1.78 bits per heavy atom. The molecule has 9 nitrogen and oxygen atoms in total. The molecule has 10 heteroatoms. The molecule has 2 aromatic carbocycles. The van der Waals surface area contributed by atoms with Crippen LogP contribution in [0.25, 0.3) is 11.4 Å². The van der Waals surface area contributed by atoms with Gasteiger partial charge < -0.3 is 0 Å². The zero-order chi connectivity index (χ0) is 21.9. The van der Waals surface area contributed by atoms with Crippen LogP contribution in [0, 0.1) is 0 Å². The van der Waals surface area contributed by atoms with Gasteiger partial charge in [-0.25, -0.2) is 5.01 Å². The van der Waals surface area contributed by atoms with E-state index in [1.165, 1.54) is 6.42 Å². The summed E-state index contributed by atoms with van der Waals surface area (Å²) in [6, 6.07) is 15.3. The molecule has 32 heavy (non-hydrogen) atoms. The molecule has 1 atom stereocenters. The first-order valence-corrected chi connectivity index (χ1v) is 11.1. The van der Waals surface area contributed by atoms with Crippen molar-refractivity contribution >= 4 is 28.9 Å². The number of halogens is 1. The summed E-state index contributed by atoms with van der Waals surface area (Å²) in [7, 11) is 0. The molecule has 0 bridgehead atoms. The summed E-state index contributed by atoms with van der Waals surface area (Å²) < 4.78 is 0. The normalized spacial score (nSPS) is 19.1. The highest BCUT2D eigenvalue weighted by Gasteiger charge is 2.33. The van der Waals surface area contributed by atoms with Crippen molar-refractivity contribution in [1.29, 1.82) is 0 Å². The van der Waals surface area contributed by atoms with Gasteiger partial charge in [-0.1, -0.05) is 30.2 Å². The van der Waals surface area contributed by atoms with E-state index in [1.807, 2.05) is 58.5 Å². The third kappa shape index (κ3) is 4.35. The highest BCUT2D eigenvalue weighted by Crippen LogP contribution is 2.36. The first-order chi connectivity index (χ1) is 15.7. The molecule has 0 saturated carbocycles. The molecule has 164 valence electrons. The molecule has 3 heterocycles. The molecule has 0 radical (unpaired) electrons. The van der Waals surface area contributed by atoms with E-state index in [0.29, 0.717) is 23.0 Å². The molecule has 1 unspecified atom stereocenters. The fraction of sp³-hybridized carbons (Fsp3) is 0.318. The van der Waals surface area contributed by atoms with E-state index in [1.54, 1.807) is 0 Å². The van der Waals surface area contributed by atoms with Crippen LogP contribution < -0.4 is 10.4 Å². The lowest BCUT2D eigenvalue weighted by atomic mass is 10.0. The molecular formula is C22H23ClN8O. The van der Waals surface area contributed by atoms with Gasteiger partial charge in [0.05, 0.1) is 11.7 Å². The summed E-state index contributed by atoms with van der Waals surface area (Å²) in [4.78, 5) is 13.0. The smallest absolute Gasteiger partial charge is 0.281 e. The number of nitrogens with one attached hydrogen (secondary N) is 2. The predicted octanol–water partition coefficient (Wildman–Crippen LogP) is 3.34. The fourth-order valence-electron chi connectivity index (χ4n) is 4.09. The number of hydrogen-bond donors (Lipinski definition) is 2. The number of nitrogens with zero attached hydrogens (tertiary/aromatic N) is 6. The van der Waals surface area contributed by atoms with Crippen molar-refractivity contribution in [2.75, 3.05) is 18.1 Å². The van der Waals surface area contributed by atoms with Crippen LogP contribution in [0.5, 0.6) is 0 Å². The minimum Gasteiger partial charge on any atom is -0.284 e. The van der Waals surface area contributed by atoms with Gasteiger partial charge in [0.1, 0.15) is 5.71 Å². The Balaban J connectivity index is 1.41. The van der Waals surface area contributed by atoms with Gasteiger partial charge in [0.2, 0.25) is 5.82 Å². The molecule has 0 aliphatic carbocycles. The zero-order valence-electron chi connectivity index (χ0n) is 17.4. The maximum absolute atomic E-state index is 13.0. The minimum atomic E-state index is -0.142. The maximum atomic E-state index is 13.0. The van der Waals surface area contributed by atoms with E-state index in [4.69, 9.17) is 16.7 Å². The fourth-order valence-corrected chi connectivity index (χ4v) is 4.22. The van der Waals surface area contributed by atoms with Crippen LogP contribution in [-0.4, -0.2) is 50.3 Å². The number of aromatic nitrogens is 4. The number of hydrogen-bond acceptors (Lipinski definition) is 7. The van der Waals surface area contributed by atoms with Crippen molar-refractivity contribution in [3.63, 3.8) is 0 Å². The second kappa shape index (κ2) is 9.05. The third-order valence-electron chi connectivity index (χ3n) is 5.78. The lowest BCUT2D eigenvalue weighted by Crippen LogP contribution is -2.47. The number of carbonyl (C=O) groups is 1. The number of anilines is 1. The average molecular weight is 451 g/mol. The molecule has 1 amide bonds. The third-order valence-corrected chi connectivity index (χ3v) is 6.03. The van der Waals surface area contributed by atoms with Gasteiger partial charge in [0.15, 0.2) is 0 Å². The molecule has 2 aliphatic heterocycles. The molecule has 1 saturated heterocycles. The Labute approximate surface area is 190 Å². The van der Waals surface area contributed by atoms with E-state index < -0.39 is 0 Å². The summed E-state index contributed by atoms with van der Waals surface area (Å²) in [5, 5.41) is 23.4. The van der Waals surface area contributed by atoms with Crippen LogP contribution in [0.2, 0.25) is 5.02 Å². The number of benzene rings is 2. The van der Waals surface area contributed by atoms with Crippen molar-refractivity contribution in [1.82, 2.24) is 31.1 Å². The van der Waals surface area contributed by atoms with Gasteiger partial charge in [-0.3, -0.25) is 15.2 Å². The summed E-state index contributed by atoms with van der Waals surface area (Å²) in [5.41, 5.74) is 6.30. The summed E-state index contributed by atoms with van der Waals surface area (Å²) >= 11 is 6.09. The predicted molar refractivity (Wildman–Crippen MR) is 122 cm³/mol. The number of H-pyrrole nitrogens is 1. The number of aromatic amines is 1. The quantitative estimate of drug-likeness (QED) is 0.618. The SMILES string of the molecule is O=C(NN1CCCCC1)C1=NN(c2ccc(-c3nn[nH]n3)cc2)C(c2ccc(Cl)cc2)C1. The zero-order valence-corrected chi connectivity index (χ0v) is 18.2. The number of hydrazone groups is 1. The van der Waals surface area contributed by atoms with Gasteiger partial charge in [-0.05, 0) is 60.0 Å². The van der Waals surface area contributed by atoms with Gasteiger partial charge >= 0.3 is 0 Å². The van der Waals surface area contributed by atoms with Gasteiger partial charge in [-0.2, -0.15) is 10.3 Å². The number of carbonyl (C=O) groups excluding carboxylic acids is 1. The molecular weight excluding hydrogens is 428 g/mol. The Morgan fingerprint density at radius 1 is 1.03 bits per heavy atom. The molecule has 2 aliphatic rings. The number of tetrazole rings is 1. The van der Waals surface area contributed by atoms with Crippen molar-refractivity contribution in [3.8, 4) is 11.4 Å². The molecule has 1 fully saturated rings. The van der Waals surface area contributed by atoms with Crippen molar-refractivity contribution in [2.45, 2.75) is 31.7 Å². The molecule has 5 rings (SSSR count). The van der Waals surface area contributed by atoms with E-state index >= 15 is 0 Å². The van der Waals surface area contributed by atoms with Crippen LogP contribution >= 0.6 is 11.6 Å². The molecule has 3 aromatic rings. The lowest BCUT2D eigenvalue weighted by Gasteiger charge is -2.26. The Kier molecular flexibility index (Phi) is 5.83. The van der Waals surface area contributed by atoms with E-state index in [-0.39, 0.29) is 11.9 Å². The van der Waals surface area contributed by atoms with Crippen LogP contribution in [0.15, 0.2) is 53.6 Å². The van der Waals surface area contributed by atoms with Crippen molar-refractivity contribution in [2.24, 2.45) is 5.10 Å². The highest BCUT2D eigenvalue weighted by atomic mass is 35.5. The summed E-state index contributed by atoms with van der Waals surface area (Å²) in [6.07, 6.45) is 3.91. The topological polar surface area (TPSA) is 102 Å². The lowest BCUT2D eigenvalue weighted by molar-refractivity contribution is -0.119. The number of piperidine rings is 1. The standard InChI is InChI=1S/C22H23ClN8O/c23-17-8-4-15(5-9-17)20-14-19(22(32)27-30-12-2-1-3-13-30)26-31(20)18-10-6-16(7-11-18)21-24-28-29-25-21/h4-11,20H,1-3,12-14H2,(H,27,32)(H,24,25,28,29). The summed E-state index contributed by atoms with van der Waals surface area (Å²) in [6.45, 7) is 1.75. The largest absolute Gasteiger partial charge is 0.284 e. The highest BCUT2D eigenvalue weighted by molar-refractivity contribution is 6.39. The van der Waals surface area contributed by atoms with Crippen LogP contribution in [0.3, 0.4) is 0 Å². The van der Waals surface area contributed by atoms with Crippen LogP contribution in [0.1, 0.15) is 37.3 Å². The average Bonchev–Trinajstić information content (AvgIpc) is 3.51. The monoisotopic (exact) mass is 450 g/mol. The Hall–Kier alpha value is -3.30. The molecule has 1 aromatic heterocycles. The van der Waals surface area contributed by atoms with E-state index in [2.05, 4.69) is 26.0 Å². The van der Waals surface area contributed by atoms with Crippen LogP contribution in [0.4, 0.5) is 5.69 Å². The summed E-state index contributed by atoms with van der Waals surface area (Å²) in [5.74, 6) is 0.383. The number of rotatable bonds is 5. The first-order valence-electron chi connectivity index (χ1n) is 10.7. The maximum Gasteiger partial charge on any atom is 0.281 e. The second-order valence-corrected chi connectivity index (χ2v) is 8.37. The van der Waals surface area contributed by atoms with Gasteiger partial charge in [-0.15, -0.1) is 10.2 Å². The second-order valence-electron chi connectivity index (χ2n) is 7.93. The van der Waals surface area contributed by atoms with Crippen molar-refractivity contribution < 1.29 is 4.79 Å². The Morgan fingerprint density at radius 3 is 2.47 bits per heavy atom. The first kappa shape index (κ1) is 20.6. The van der Waals surface area contributed by atoms with Crippen molar-refractivity contribution in [3.05, 3.63) is 59.1 Å².